The van der Waals surface area contributed by atoms with Crippen LogP contribution in [0.3, 0.4) is 0 Å². The van der Waals surface area contributed by atoms with Gasteiger partial charge in [0.05, 0.1) is 27.7 Å². The number of carbonyl (C=O) groups is 2. The van der Waals surface area contributed by atoms with E-state index < -0.39 is 26.5 Å². The number of carbonyl (C=O) groups excluding carboxylic acids is 2. The minimum absolute atomic E-state index is 0.0282. The molecule has 0 saturated carbocycles. The van der Waals surface area contributed by atoms with Crippen LogP contribution in [-0.4, -0.2) is 74.9 Å². The SMILES string of the molecule is CCCCCCC/C=C\C/C=C\C/C=C\CCCCCCCCCCCCCCCCC(=O)OC(COC(=O)CCCCCCCCCC/C=C\C/C=C\C/C=C\CCCCCCC)COP(=O)(O)OCC[N+](C)(C)C. The third-order valence-electron chi connectivity index (χ3n) is 13.7. The lowest BCUT2D eigenvalue weighted by Crippen LogP contribution is -2.37. The molecule has 2 atom stereocenters. The number of phosphoric acid groups is 1. The van der Waals surface area contributed by atoms with E-state index in [2.05, 4.69) is 86.8 Å². The molecule has 0 aromatic rings. The lowest BCUT2D eigenvalue weighted by molar-refractivity contribution is -0.870. The van der Waals surface area contributed by atoms with E-state index in [1.807, 2.05) is 21.1 Å². The van der Waals surface area contributed by atoms with Crippen molar-refractivity contribution in [2.75, 3.05) is 47.5 Å². The first-order chi connectivity index (χ1) is 37.0. The second kappa shape index (κ2) is 57.1. The number of hydrogen-bond acceptors (Lipinski definition) is 7. The van der Waals surface area contributed by atoms with E-state index in [0.717, 1.165) is 77.0 Å². The number of likely N-dealkylation sites (N-methyl/N-ethyl adjacent to an activating group) is 1. The number of esters is 2. The first-order valence-corrected chi connectivity index (χ1v) is 33.2. The van der Waals surface area contributed by atoms with Gasteiger partial charge in [-0.25, -0.2) is 4.57 Å². The van der Waals surface area contributed by atoms with Crippen molar-refractivity contribution in [1.29, 1.82) is 0 Å². The highest BCUT2D eigenvalue weighted by molar-refractivity contribution is 7.47. The van der Waals surface area contributed by atoms with E-state index in [4.69, 9.17) is 18.5 Å². The van der Waals surface area contributed by atoms with Crippen LogP contribution in [-0.2, 0) is 32.7 Å². The van der Waals surface area contributed by atoms with Gasteiger partial charge in [-0.2, -0.15) is 0 Å². The van der Waals surface area contributed by atoms with Gasteiger partial charge in [-0.05, 0) is 89.9 Å². The molecule has 0 heterocycles. The number of phosphoric ester groups is 1. The molecule has 0 aliphatic rings. The first-order valence-electron chi connectivity index (χ1n) is 31.7. The summed E-state index contributed by atoms with van der Waals surface area (Å²) in [5.74, 6) is -0.801. The fourth-order valence-electron chi connectivity index (χ4n) is 8.80. The first kappa shape index (κ1) is 73.5. The van der Waals surface area contributed by atoms with Crippen molar-refractivity contribution in [1.82, 2.24) is 0 Å². The third-order valence-corrected chi connectivity index (χ3v) is 14.7. The van der Waals surface area contributed by atoms with Crippen LogP contribution >= 0.6 is 7.82 Å². The summed E-state index contributed by atoms with van der Waals surface area (Å²) >= 11 is 0. The number of ether oxygens (including phenoxy) is 2. The summed E-state index contributed by atoms with van der Waals surface area (Å²) in [6, 6.07) is 0. The standard InChI is InChI=1S/C66H120NO8P/c1-6-8-10-12-14-16-18-20-22-24-26-28-30-31-32-33-34-35-37-39-41-43-45-47-49-51-53-55-57-59-66(69)75-64(63-74-76(70,71)73-61-60-67(3,4)5)62-72-65(68)58-56-54-52-50-48-46-44-42-40-38-36-29-27-25-23-21-19-17-15-13-11-9-7-2/h18-21,24-27,30-31,36,38,64H,6-17,22-23,28-29,32-35,37,39-63H2,1-5H3/p+1/b20-18-,21-19-,26-24-,27-25-,31-30-,38-36-. The molecule has 0 aromatic heterocycles. The lowest BCUT2D eigenvalue weighted by atomic mass is 10.0. The van der Waals surface area contributed by atoms with E-state index in [1.54, 1.807) is 0 Å². The van der Waals surface area contributed by atoms with Crippen LogP contribution < -0.4 is 0 Å². The van der Waals surface area contributed by atoms with Crippen LogP contribution in [0.15, 0.2) is 72.9 Å². The second-order valence-corrected chi connectivity index (χ2v) is 23.9. The van der Waals surface area contributed by atoms with E-state index in [0.29, 0.717) is 17.4 Å². The molecule has 10 heteroatoms. The maximum atomic E-state index is 12.8. The van der Waals surface area contributed by atoms with E-state index in [9.17, 15) is 19.0 Å². The zero-order chi connectivity index (χ0) is 55.6. The lowest BCUT2D eigenvalue weighted by Gasteiger charge is -2.24. The number of nitrogens with zero attached hydrogens (tertiary/aromatic N) is 1. The Morgan fingerprint density at radius 2 is 0.711 bits per heavy atom. The molecule has 0 saturated heterocycles. The Kier molecular flexibility index (Phi) is 55.2. The Bertz CT molecular complexity index is 1510. The maximum Gasteiger partial charge on any atom is 0.472 e. The van der Waals surface area contributed by atoms with Crippen LogP contribution in [0.25, 0.3) is 0 Å². The monoisotopic (exact) mass is 1090 g/mol. The largest absolute Gasteiger partial charge is 0.472 e. The molecule has 0 aromatic carbocycles. The number of unbranched alkanes of at least 4 members (excludes halogenated alkanes) is 32. The topological polar surface area (TPSA) is 108 Å². The predicted molar refractivity (Wildman–Crippen MR) is 326 cm³/mol. The van der Waals surface area contributed by atoms with Gasteiger partial charge in [0, 0.05) is 12.8 Å². The summed E-state index contributed by atoms with van der Waals surface area (Å²) in [5.41, 5.74) is 0. The summed E-state index contributed by atoms with van der Waals surface area (Å²) in [7, 11) is 1.47. The van der Waals surface area contributed by atoms with E-state index in [-0.39, 0.29) is 32.0 Å². The molecular weight excluding hydrogens is 966 g/mol. The van der Waals surface area contributed by atoms with E-state index in [1.165, 1.54) is 173 Å². The summed E-state index contributed by atoms with van der Waals surface area (Å²) < 4.78 is 34.6. The molecule has 0 spiro atoms. The summed E-state index contributed by atoms with van der Waals surface area (Å²) in [5, 5.41) is 0. The van der Waals surface area contributed by atoms with Gasteiger partial charge in [0.15, 0.2) is 6.10 Å². The molecule has 1 N–H and O–H groups in total. The molecule has 0 radical (unpaired) electrons. The van der Waals surface area contributed by atoms with Crippen molar-refractivity contribution in [3.8, 4) is 0 Å². The van der Waals surface area contributed by atoms with E-state index >= 15 is 0 Å². The zero-order valence-corrected chi connectivity index (χ0v) is 51.1. The summed E-state index contributed by atoms with van der Waals surface area (Å²) in [6.45, 7) is 4.43. The zero-order valence-electron chi connectivity index (χ0n) is 50.2. The smallest absolute Gasteiger partial charge is 0.462 e. The Balaban J connectivity index is 4.13. The molecule has 442 valence electrons. The van der Waals surface area contributed by atoms with Crippen molar-refractivity contribution in [3.63, 3.8) is 0 Å². The normalized spacial score (nSPS) is 13.7. The number of quaternary nitrogens is 1. The van der Waals surface area contributed by atoms with Crippen LogP contribution in [0, 0.1) is 0 Å². The van der Waals surface area contributed by atoms with Gasteiger partial charge in [-0.15, -0.1) is 0 Å². The molecule has 0 aliphatic heterocycles. The van der Waals surface area contributed by atoms with Gasteiger partial charge >= 0.3 is 19.8 Å². The molecule has 76 heavy (non-hydrogen) atoms. The van der Waals surface area contributed by atoms with Crippen LogP contribution in [0.1, 0.15) is 284 Å². The molecule has 0 aliphatic carbocycles. The van der Waals surface area contributed by atoms with Gasteiger partial charge < -0.3 is 18.9 Å². The Morgan fingerprint density at radius 3 is 1.05 bits per heavy atom. The third kappa shape index (κ3) is 60.7. The Morgan fingerprint density at radius 1 is 0.408 bits per heavy atom. The second-order valence-electron chi connectivity index (χ2n) is 22.4. The summed E-state index contributed by atoms with van der Waals surface area (Å²) in [6.07, 6.45) is 75.5. The molecule has 0 amide bonds. The summed E-state index contributed by atoms with van der Waals surface area (Å²) in [4.78, 5) is 35.8. The average molecular weight is 1090 g/mol. The molecule has 2 unspecified atom stereocenters. The van der Waals surface area contributed by atoms with Crippen molar-refractivity contribution in [2.45, 2.75) is 290 Å². The average Bonchev–Trinajstić information content (AvgIpc) is 3.38. The molecule has 0 rings (SSSR count). The number of rotatable bonds is 58. The molecular formula is C66H121NO8P+. The maximum absolute atomic E-state index is 12.8. The van der Waals surface area contributed by atoms with Gasteiger partial charge in [-0.3, -0.25) is 18.6 Å². The Labute approximate surface area is 469 Å². The van der Waals surface area contributed by atoms with Gasteiger partial charge in [0.1, 0.15) is 19.8 Å². The van der Waals surface area contributed by atoms with Crippen molar-refractivity contribution >= 4 is 19.8 Å². The van der Waals surface area contributed by atoms with Crippen molar-refractivity contribution < 1.29 is 42.1 Å². The van der Waals surface area contributed by atoms with Gasteiger partial charge in [-0.1, -0.05) is 254 Å². The van der Waals surface area contributed by atoms with Gasteiger partial charge in [0.25, 0.3) is 0 Å². The highest BCUT2D eigenvalue weighted by Crippen LogP contribution is 2.43. The van der Waals surface area contributed by atoms with Crippen LogP contribution in [0.4, 0.5) is 0 Å². The number of allylic oxidation sites excluding steroid dienone is 12. The fraction of sp³-hybridized carbons (Fsp3) is 0.788. The molecule has 9 nitrogen and oxygen atoms in total. The predicted octanol–water partition coefficient (Wildman–Crippen LogP) is 20.0. The van der Waals surface area contributed by atoms with Crippen LogP contribution in [0.5, 0.6) is 0 Å². The Hall–Kier alpha value is -2.55. The van der Waals surface area contributed by atoms with Gasteiger partial charge in [0.2, 0.25) is 0 Å². The number of hydrogen-bond donors (Lipinski definition) is 1. The minimum Gasteiger partial charge on any atom is -0.462 e. The fourth-order valence-corrected chi connectivity index (χ4v) is 9.54. The molecule has 0 fully saturated rings. The highest BCUT2D eigenvalue weighted by Gasteiger charge is 2.27. The van der Waals surface area contributed by atoms with Crippen molar-refractivity contribution in [2.24, 2.45) is 0 Å². The highest BCUT2D eigenvalue weighted by atomic mass is 31.2. The quantitative estimate of drug-likeness (QED) is 0.0211. The molecule has 0 bridgehead atoms. The van der Waals surface area contributed by atoms with Crippen molar-refractivity contribution in [3.05, 3.63) is 72.9 Å². The van der Waals surface area contributed by atoms with Crippen LogP contribution in [0.2, 0.25) is 0 Å². The minimum atomic E-state index is -4.39.